The van der Waals surface area contributed by atoms with Crippen LogP contribution in [-0.2, 0) is 21.4 Å². The highest BCUT2D eigenvalue weighted by Gasteiger charge is 2.31. The zero-order valence-corrected chi connectivity index (χ0v) is 17.7. The molecule has 0 radical (unpaired) electrons. The Kier molecular flexibility index (Phi) is 7.14. The first-order valence-corrected chi connectivity index (χ1v) is 11.0. The molecular formula is C19H22Cl2N2O3S. The second kappa shape index (κ2) is 8.95. The minimum Gasteiger partial charge on any atom is -0.350 e. The predicted octanol–water partition coefficient (Wildman–Crippen LogP) is 4.16. The van der Waals surface area contributed by atoms with Crippen molar-refractivity contribution in [2.45, 2.75) is 32.9 Å². The molecule has 27 heavy (non-hydrogen) atoms. The van der Waals surface area contributed by atoms with Gasteiger partial charge in [0.2, 0.25) is 15.9 Å². The van der Waals surface area contributed by atoms with Crippen LogP contribution in [0.4, 0.5) is 5.69 Å². The average Bonchev–Trinajstić information content (AvgIpc) is 2.56. The number of halogens is 2. The average molecular weight is 429 g/mol. The lowest BCUT2D eigenvalue weighted by Crippen LogP contribution is -2.49. The molecule has 1 amide bonds. The number of nitrogens with zero attached hydrogens (tertiary/aromatic N) is 1. The van der Waals surface area contributed by atoms with E-state index in [1.165, 1.54) is 18.2 Å². The van der Waals surface area contributed by atoms with Crippen molar-refractivity contribution in [2.75, 3.05) is 10.6 Å². The highest BCUT2D eigenvalue weighted by Crippen LogP contribution is 2.29. The number of hydrogen-bond donors (Lipinski definition) is 1. The first-order chi connectivity index (χ1) is 12.6. The highest BCUT2D eigenvalue weighted by molar-refractivity contribution is 7.92. The Morgan fingerprint density at radius 1 is 1.11 bits per heavy atom. The third-order valence-electron chi connectivity index (χ3n) is 4.02. The van der Waals surface area contributed by atoms with E-state index in [9.17, 15) is 13.2 Å². The molecule has 8 heteroatoms. The maximum Gasteiger partial charge on any atom is 0.244 e. The van der Waals surface area contributed by atoms with E-state index < -0.39 is 16.1 Å². The molecular weight excluding hydrogens is 407 g/mol. The van der Waals surface area contributed by atoms with E-state index in [0.717, 1.165) is 21.7 Å². The van der Waals surface area contributed by atoms with Gasteiger partial charge in [-0.1, -0.05) is 60.0 Å². The molecule has 0 aromatic heterocycles. The fraction of sp³-hybridized carbons (Fsp3) is 0.316. The maximum atomic E-state index is 12.8. The van der Waals surface area contributed by atoms with Gasteiger partial charge in [0.25, 0.3) is 0 Å². The van der Waals surface area contributed by atoms with E-state index in [0.29, 0.717) is 16.6 Å². The number of benzene rings is 2. The molecule has 0 saturated carbocycles. The minimum absolute atomic E-state index is 0.257. The summed E-state index contributed by atoms with van der Waals surface area (Å²) in [5.74, 6) is -0.389. The number of carbonyl (C=O) groups is 1. The lowest BCUT2D eigenvalue weighted by atomic mass is 10.1. The molecule has 1 N–H and O–H groups in total. The van der Waals surface area contributed by atoms with E-state index >= 15 is 0 Å². The molecule has 0 bridgehead atoms. The lowest BCUT2D eigenvalue weighted by molar-refractivity contribution is -0.122. The third kappa shape index (κ3) is 5.86. The summed E-state index contributed by atoms with van der Waals surface area (Å²) < 4.78 is 25.9. The Balaban J connectivity index is 2.28. The Labute approximate surface area is 170 Å². The number of carbonyl (C=O) groups excluding carboxylic acids is 1. The van der Waals surface area contributed by atoms with Gasteiger partial charge in [-0.15, -0.1) is 0 Å². The predicted molar refractivity (Wildman–Crippen MR) is 111 cm³/mol. The van der Waals surface area contributed by atoms with Gasteiger partial charge < -0.3 is 5.32 Å². The molecule has 0 spiro atoms. The first kappa shape index (κ1) is 21.5. The molecule has 0 heterocycles. The first-order valence-electron chi connectivity index (χ1n) is 8.40. The standard InChI is InChI=1S/C19H22Cl2N2O3S/c1-4-18(19(24)22-12-14-7-5-13(2)6-8-14)23(27(3,25)26)17-10-15(20)9-16(21)11-17/h5-11,18H,4,12H2,1-3H3,(H,22,24). The number of nitrogens with one attached hydrogen (secondary N) is 1. The molecule has 0 saturated heterocycles. The topological polar surface area (TPSA) is 66.5 Å². The monoisotopic (exact) mass is 428 g/mol. The maximum absolute atomic E-state index is 12.8. The molecule has 1 atom stereocenters. The highest BCUT2D eigenvalue weighted by atomic mass is 35.5. The summed E-state index contributed by atoms with van der Waals surface area (Å²) >= 11 is 12.0. The molecule has 5 nitrogen and oxygen atoms in total. The molecule has 2 aromatic rings. The van der Waals surface area contributed by atoms with Crippen LogP contribution in [0.5, 0.6) is 0 Å². The number of rotatable bonds is 7. The van der Waals surface area contributed by atoms with E-state index in [-0.39, 0.29) is 18.0 Å². The molecule has 0 aliphatic heterocycles. The SMILES string of the molecule is CCC(C(=O)NCc1ccc(C)cc1)N(c1cc(Cl)cc(Cl)c1)S(C)(=O)=O. The fourth-order valence-corrected chi connectivity index (χ4v) is 4.45. The molecule has 0 aliphatic carbocycles. The van der Waals surface area contributed by atoms with E-state index in [1.54, 1.807) is 6.92 Å². The van der Waals surface area contributed by atoms with Crippen molar-refractivity contribution in [3.63, 3.8) is 0 Å². The van der Waals surface area contributed by atoms with E-state index in [2.05, 4.69) is 5.32 Å². The van der Waals surface area contributed by atoms with Crippen LogP contribution >= 0.6 is 23.2 Å². The molecule has 2 rings (SSSR count). The van der Waals surface area contributed by atoms with Gasteiger partial charge in [0.05, 0.1) is 11.9 Å². The number of sulfonamides is 1. The van der Waals surface area contributed by atoms with Crippen LogP contribution in [0.3, 0.4) is 0 Å². The van der Waals surface area contributed by atoms with Crippen molar-refractivity contribution in [1.29, 1.82) is 0 Å². The van der Waals surface area contributed by atoms with Crippen LogP contribution in [0.25, 0.3) is 0 Å². The van der Waals surface area contributed by atoms with Crippen molar-refractivity contribution in [1.82, 2.24) is 5.32 Å². The van der Waals surface area contributed by atoms with Gasteiger partial charge in [0, 0.05) is 16.6 Å². The van der Waals surface area contributed by atoms with E-state index in [1.807, 2.05) is 31.2 Å². The van der Waals surface area contributed by atoms with Gasteiger partial charge in [-0.25, -0.2) is 8.42 Å². The van der Waals surface area contributed by atoms with Gasteiger partial charge >= 0.3 is 0 Å². The summed E-state index contributed by atoms with van der Waals surface area (Å²) in [4.78, 5) is 12.8. The summed E-state index contributed by atoms with van der Waals surface area (Å²) in [7, 11) is -3.74. The number of aryl methyl sites for hydroxylation is 1. The van der Waals surface area contributed by atoms with E-state index in [4.69, 9.17) is 23.2 Å². The summed E-state index contributed by atoms with van der Waals surface area (Å²) in [6.45, 7) is 4.04. The van der Waals surface area contributed by atoms with Crippen LogP contribution in [-0.4, -0.2) is 26.6 Å². The molecule has 2 aromatic carbocycles. The van der Waals surface area contributed by atoms with Crippen molar-refractivity contribution < 1.29 is 13.2 Å². The zero-order chi connectivity index (χ0) is 20.2. The van der Waals surface area contributed by atoms with Crippen LogP contribution in [0, 0.1) is 6.92 Å². The summed E-state index contributed by atoms with van der Waals surface area (Å²) in [6, 6.07) is 11.3. The quantitative estimate of drug-likeness (QED) is 0.719. The molecule has 146 valence electrons. The van der Waals surface area contributed by atoms with Crippen molar-refractivity contribution in [3.8, 4) is 0 Å². The second-order valence-corrected chi connectivity index (χ2v) is 9.05. The molecule has 0 aliphatic rings. The van der Waals surface area contributed by atoms with Gasteiger partial charge in [-0.2, -0.15) is 0 Å². The Morgan fingerprint density at radius 2 is 1.67 bits per heavy atom. The molecule has 0 fully saturated rings. The summed E-state index contributed by atoms with van der Waals surface area (Å²) in [5, 5.41) is 3.40. The fourth-order valence-electron chi connectivity index (χ4n) is 2.74. The minimum atomic E-state index is -3.74. The van der Waals surface area contributed by atoms with Crippen LogP contribution in [0.15, 0.2) is 42.5 Å². The zero-order valence-electron chi connectivity index (χ0n) is 15.4. The largest absolute Gasteiger partial charge is 0.350 e. The number of hydrogen-bond acceptors (Lipinski definition) is 3. The number of anilines is 1. The van der Waals surface area contributed by atoms with Crippen LogP contribution in [0.2, 0.25) is 10.0 Å². The Morgan fingerprint density at radius 3 is 2.15 bits per heavy atom. The van der Waals surface area contributed by atoms with Gasteiger partial charge in [0.1, 0.15) is 6.04 Å². The van der Waals surface area contributed by atoms with Crippen LogP contribution in [0.1, 0.15) is 24.5 Å². The van der Waals surface area contributed by atoms with Gasteiger partial charge in [0.15, 0.2) is 0 Å². The lowest BCUT2D eigenvalue weighted by Gasteiger charge is -2.30. The van der Waals surface area contributed by atoms with Crippen molar-refractivity contribution >= 4 is 44.8 Å². The Hall–Kier alpha value is -1.76. The van der Waals surface area contributed by atoms with Crippen molar-refractivity contribution in [3.05, 3.63) is 63.6 Å². The number of amides is 1. The third-order valence-corrected chi connectivity index (χ3v) is 5.64. The summed E-state index contributed by atoms with van der Waals surface area (Å²) in [6.07, 6.45) is 1.34. The van der Waals surface area contributed by atoms with Crippen molar-refractivity contribution in [2.24, 2.45) is 0 Å². The summed E-state index contributed by atoms with van der Waals surface area (Å²) in [5.41, 5.74) is 2.31. The van der Waals surface area contributed by atoms with Gasteiger partial charge in [-0.3, -0.25) is 9.10 Å². The van der Waals surface area contributed by atoms with Gasteiger partial charge in [-0.05, 0) is 37.1 Å². The second-order valence-electron chi connectivity index (χ2n) is 6.31. The van der Waals surface area contributed by atoms with Crippen LogP contribution < -0.4 is 9.62 Å². The molecule has 1 unspecified atom stereocenters. The normalized spacial score (nSPS) is 12.5. The Bertz CT molecular complexity index is 895. The smallest absolute Gasteiger partial charge is 0.244 e.